The number of fused-ring (bicyclic) bond motifs is 1. The molecule has 0 aliphatic heterocycles. The van der Waals surface area contributed by atoms with Gasteiger partial charge in [-0.2, -0.15) is 5.10 Å². The van der Waals surface area contributed by atoms with Crippen LogP contribution in [0.3, 0.4) is 0 Å². The van der Waals surface area contributed by atoms with Crippen molar-refractivity contribution in [3.63, 3.8) is 0 Å². The fraction of sp³-hybridized carbons (Fsp3) is 0.286. The molecule has 140 valence electrons. The predicted molar refractivity (Wildman–Crippen MR) is 110 cm³/mol. The molecular formula is C21H23N3O2S. The molecule has 1 atom stereocenters. The molecule has 0 spiro atoms. The van der Waals surface area contributed by atoms with Crippen LogP contribution in [0.1, 0.15) is 48.9 Å². The first-order valence-corrected chi connectivity index (χ1v) is 10.1. The first kappa shape index (κ1) is 19.2. The molecule has 3 rings (SSSR count). The summed E-state index contributed by atoms with van der Waals surface area (Å²) < 4.78 is 1.37. The maximum Gasteiger partial charge on any atom is 0.274 e. The molecule has 0 radical (unpaired) electrons. The molecule has 5 nitrogen and oxygen atoms in total. The highest BCUT2D eigenvalue weighted by Crippen LogP contribution is 2.20. The van der Waals surface area contributed by atoms with Crippen molar-refractivity contribution in [1.29, 1.82) is 0 Å². The fourth-order valence-electron chi connectivity index (χ4n) is 2.97. The second kappa shape index (κ2) is 7.96. The van der Waals surface area contributed by atoms with E-state index >= 15 is 0 Å². The van der Waals surface area contributed by atoms with E-state index in [1.54, 1.807) is 30.0 Å². The Morgan fingerprint density at radius 3 is 2.26 bits per heavy atom. The van der Waals surface area contributed by atoms with Crippen molar-refractivity contribution < 1.29 is 4.79 Å². The molecule has 27 heavy (non-hydrogen) atoms. The van der Waals surface area contributed by atoms with Crippen LogP contribution in [0.2, 0.25) is 0 Å². The van der Waals surface area contributed by atoms with E-state index < -0.39 is 0 Å². The molecule has 1 amide bonds. The molecule has 1 N–H and O–H groups in total. The first-order valence-electron chi connectivity index (χ1n) is 8.88. The normalized spacial score (nSPS) is 12.3. The monoisotopic (exact) mass is 381 g/mol. The summed E-state index contributed by atoms with van der Waals surface area (Å²) in [6.07, 6.45) is 2.03. The zero-order valence-corrected chi connectivity index (χ0v) is 16.7. The Kier molecular flexibility index (Phi) is 5.65. The number of hydrogen-bond acceptors (Lipinski definition) is 4. The number of carbonyl (C=O) groups excluding carboxylic acids is 1. The SMILES string of the molecule is CSc1ccc(C(C)NC(=O)c2nn(C(C)C)c(=O)c3ccccc23)cc1. The molecule has 0 saturated carbocycles. The Bertz CT molecular complexity index is 1030. The highest BCUT2D eigenvalue weighted by atomic mass is 32.2. The number of carbonyl (C=O) groups is 1. The Morgan fingerprint density at radius 1 is 1.04 bits per heavy atom. The summed E-state index contributed by atoms with van der Waals surface area (Å²) in [6, 6.07) is 14.9. The van der Waals surface area contributed by atoms with E-state index in [2.05, 4.69) is 10.4 Å². The molecule has 1 aromatic heterocycles. The van der Waals surface area contributed by atoms with Crippen LogP contribution in [0.4, 0.5) is 0 Å². The molecule has 1 heterocycles. The summed E-state index contributed by atoms with van der Waals surface area (Å²) in [7, 11) is 0. The van der Waals surface area contributed by atoms with Crippen LogP contribution in [-0.4, -0.2) is 21.9 Å². The number of nitrogens with one attached hydrogen (secondary N) is 1. The van der Waals surface area contributed by atoms with E-state index in [4.69, 9.17) is 0 Å². The zero-order valence-electron chi connectivity index (χ0n) is 15.9. The van der Waals surface area contributed by atoms with Gasteiger partial charge >= 0.3 is 0 Å². The number of thioether (sulfide) groups is 1. The number of nitrogens with zero attached hydrogens (tertiary/aromatic N) is 2. The van der Waals surface area contributed by atoms with Crippen molar-refractivity contribution >= 4 is 28.4 Å². The van der Waals surface area contributed by atoms with Gasteiger partial charge in [-0.15, -0.1) is 11.8 Å². The lowest BCUT2D eigenvalue weighted by atomic mass is 10.1. The third-order valence-electron chi connectivity index (χ3n) is 4.50. The second-order valence-corrected chi connectivity index (χ2v) is 7.59. The third-order valence-corrected chi connectivity index (χ3v) is 5.24. The van der Waals surface area contributed by atoms with E-state index in [0.29, 0.717) is 10.8 Å². The van der Waals surface area contributed by atoms with Crippen LogP contribution in [0, 0.1) is 0 Å². The molecule has 3 aromatic rings. The summed E-state index contributed by atoms with van der Waals surface area (Å²) in [5, 5.41) is 8.44. The Balaban J connectivity index is 1.97. The maximum atomic E-state index is 13.0. The van der Waals surface area contributed by atoms with Crippen molar-refractivity contribution in [1.82, 2.24) is 15.1 Å². The minimum atomic E-state index is -0.290. The Labute approximate surface area is 162 Å². The summed E-state index contributed by atoms with van der Waals surface area (Å²) in [6.45, 7) is 5.69. The number of rotatable bonds is 5. The van der Waals surface area contributed by atoms with Crippen molar-refractivity contribution in [3.05, 3.63) is 70.1 Å². The van der Waals surface area contributed by atoms with Crippen molar-refractivity contribution in [2.45, 2.75) is 37.8 Å². The van der Waals surface area contributed by atoms with Gasteiger partial charge < -0.3 is 5.32 Å². The van der Waals surface area contributed by atoms with Crippen LogP contribution in [-0.2, 0) is 0 Å². The lowest BCUT2D eigenvalue weighted by Gasteiger charge is -2.17. The summed E-state index contributed by atoms with van der Waals surface area (Å²) in [5.74, 6) is -0.290. The van der Waals surface area contributed by atoms with Crippen LogP contribution in [0.25, 0.3) is 10.8 Å². The summed E-state index contributed by atoms with van der Waals surface area (Å²) in [5.41, 5.74) is 1.10. The highest BCUT2D eigenvalue weighted by Gasteiger charge is 2.19. The van der Waals surface area contributed by atoms with Gasteiger partial charge in [-0.05, 0) is 50.8 Å². The number of amides is 1. The zero-order chi connectivity index (χ0) is 19.6. The fourth-order valence-corrected chi connectivity index (χ4v) is 3.37. The van der Waals surface area contributed by atoms with Gasteiger partial charge in [0.1, 0.15) is 0 Å². The number of benzene rings is 2. The van der Waals surface area contributed by atoms with Crippen molar-refractivity contribution in [2.24, 2.45) is 0 Å². The summed E-state index contributed by atoms with van der Waals surface area (Å²) in [4.78, 5) is 26.7. The molecule has 6 heteroatoms. The highest BCUT2D eigenvalue weighted by molar-refractivity contribution is 7.98. The van der Waals surface area contributed by atoms with Gasteiger partial charge in [0.2, 0.25) is 0 Å². The van der Waals surface area contributed by atoms with Gasteiger partial charge in [-0.3, -0.25) is 9.59 Å². The molecule has 0 aliphatic carbocycles. The molecule has 0 saturated heterocycles. The average Bonchev–Trinajstić information content (AvgIpc) is 2.68. The minimum absolute atomic E-state index is 0.134. The number of hydrogen-bond donors (Lipinski definition) is 1. The lowest BCUT2D eigenvalue weighted by Crippen LogP contribution is -2.32. The predicted octanol–water partition coefficient (Wildman–Crippen LogP) is 4.19. The van der Waals surface area contributed by atoms with Gasteiger partial charge in [-0.1, -0.05) is 30.3 Å². The van der Waals surface area contributed by atoms with Crippen LogP contribution in [0.5, 0.6) is 0 Å². The quantitative estimate of drug-likeness (QED) is 0.673. The van der Waals surface area contributed by atoms with Crippen LogP contribution in [0.15, 0.2) is 58.2 Å². The molecule has 0 bridgehead atoms. The van der Waals surface area contributed by atoms with Crippen LogP contribution >= 0.6 is 11.8 Å². The molecule has 1 unspecified atom stereocenters. The Morgan fingerprint density at radius 2 is 1.67 bits per heavy atom. The van der Waals surface area contributed by atoms with Crippen molar-refractivity contribution in [2.75, 3.05) is 6.26 Å². The molecule has 0 aliphatic rings. The largest absolute Gasteiger partial charge is 0.344 e. The van der Waals surface area contributed by atoms with Crippen molar-refractivity contribution in [3.8, 4) is 0 Å². The smallest absolute Gasteiger partial charge is 0.274 e. The molecular weight excluding hydrogens is 358 g/mol. The van der Waals surface area contributed by atoms with Gasteiger partial charge in [0.05, 0.1) is 17.5 Å². The van der Waals surface area contributed by atoms with Gasteiger partial charge in [0.25, 0.3) is 11.5 Å². The lowest BCUT2D eigenvalue weighted by molar-refractivity contribution is 0.0934. The Hall–Kier alpha value is -2.60. The average molecular weight is 382 g/mol. The first-order chi connectivity index (χ1) is 12.9. The van der Waals surface area contributed by atoms with Crippen LogP contribution < -0.4 is 10.9 Å². The van der Waals surface area contributed by atoms with Gasteiger partial charge in [0.15, 0.2) is 5.69 Å². The number of aromatic nitrogens is 2. The van der Waals surface area contributed by atoms with Gasteiger partial charge in [0, 0.05) is 10.3 Å². The maximum absolute atomic E-state index is 13.0. The second-order valence-electron chi connectivity index (χ2n) is 6.71. The van der Waals surface area contributed by atoms with E-state index in [1.165, 1.54) is 9.58 Å². The molecule has 0 fully saturated rings. The van der Waals surface area contributed by atoms with E-state index in [-0.39, 0.29) is 29.2 Å². The topological polar surface area (TPSA) is 64.0 Å². The van der Waals surface area contributed by atoms with Gasteiger partial charge in [-0.25, -0.2) is 4.68 Å². The van der Waals surface area contributed by atoms with E-state index in [1.807, 2.05) is 57.4 Å². The standard InChI is InChI=1S/C21H23N3O2S/c1-13(2)24-21(26)18-8-6-5-7-17(18)19(23-24)20(25)22-14(3)15-9-11-16(27-4)12-10-15/h5-14H,1-4H3,(H,22,25). The van der Waals surface area contributed by atoms with E-state index in [9.17, 15) is 9.59 Å². The molecule has 2 aromatic carbocycles. The summed E-state index contributed by atoms with van der Waals surface area (Å²) >= 11 is 1.68. The van der Waals surface area contributed by atoms with E-state index in [0.717, 1.165) is 5.56 Å². The minimum Gasteiger partial charge on any atom is -0.344 e. The third kappa shape index (κ3) is 3.90.